The maximum Gasteiger partial charge on any atom is 0.0178 e. The topological polar surface area (TPSA) is 38.0 Å². The Morgan fingerprint density at radius 3 is 2.55 bits per heavy atom. The molecule has 20 heavy (non-hydrogen) atoms. The van der Waals surface area contributed by atoms with Crippen molar-refractivity contribution in [2.24, 2.45) is 5.73 Å². The summed E-state index contributed by atoms with van der Waals surface area (Å²) in [5, 5.41) is 3.76. The van der Waals surface area contributed by atoms with Gasteiger partial charge in [-0.3, -0.25) is 0 Å². The molecule has 1 fully saturated rings. The average molecular weight is 339 g/mol. The predicted molar refractivity (Wildman–Crippen MR) is 90.1 cm³/mol. The molecule has 1 aromatic rings. The normalized spacial score (nSPS) is 23.9. The summed E-state index contributed by atoms with van der Waals surface area (Å²) in [5.74, 6) is 0. The van der Waals surface area contributed by atoms with Gasteiger partial charge in [-0.05, 0) is 55.9 Å². The van der Waals surface area contributed by atoms with Gasteiger partial charge in [-0.25, -0.2) is 0 Å². The van der Waals surface area contributed by atoms with Crippen molar-refractivity contribution in [3.05, 3.63) is 33.8 Å². The Morgan fingerprint density at radius 2 is 1.90 bits per heavy atom. The van der Waals surface area contributed by atoms with Crippen LogP contribution >= 0.6 is 15.9 Å². The Hall–Kier alpha value is -0.380. The highest BCUT2D eigenvalue weighted by atomic mass is 79.9. The van der Waals surface area contributed by atoms with Crippen molar-refractivity contribution < 1.29 is 0 Å². The van der Waals surface area contributed by atoms with Crippen molar-refractivity contribution in [2.45, 2.75) is 64.0 Å². The summed E-state index contributed by atoms with van der Waals surface area (Å²) in [4.78, 5) is 0. The molecule has 1 aromatic carbocycles. The molecular weight excluding hydrogens is 312 g/mol. The van der Waals surface area contributed by atoms with Gasteiger partial charge in [-0.1, -0.05) is 35.8 Å². The molecule has 2 nitrogen and oxygen atoms in total. The highest BCUT2D eigenvalue weighted by Gasteiger charge is 2.25. The van der Waals surface area contributed by atoms with Gasteiger partial charge in [0.05, 0.1) is 0 Å². The fraction of sp³-hybridized carbons (Fsp3) is 0.647. The lowest BCUT2D eigenvalue weighted by molar-refractivity contribution is 0.319. The molecule has 0 radical (unpaired) electrons. The summed E-state index contributed by atoms with van der Waals surface area (Å²) in [6.07, 6.45) is 4.76. The van der Waals surface area contributed by atoms with E-state index < -0.39 is 0 Å². The molecule has 0 heterocycles. The number of hydrogen-bond donors (Lipinski definition) is 2. The molecule has 0 unspecified atom stereocenters. The number of halogens is 1. The van der Waals surface area contributed by atoms with Gasteiger partial charge in [0.1, 0.15) is 0 Å². The second-order valence-corrected chi connectivity index (χ2v) is 7.75. The minimum atomic E-state index is 0.146. The first-order valence-corrected chi connectivity index (χ1v) is 8.43. The fourth-order valence-corrected chi connectivity index (χ4v) is 3.50. The molecule has 3 heteroatoms. The molecule has 112 valence electrons. The smallest absolute Gasteiger partial charge is 0.0178 e. The first kappa shape index (κ1) is 16.0. The molecule has 0 spiro atoms. The average Bonchev–Trinajstić information content (AvgIpc) is 2.41. The Kier molecular flexibility index (Phi) is 5.27. The van der Waals surface area contributed by atoms with E-state index in [1.165, 1.54) is 24.0 Å². The van der Waals surface area contributed by atoms with Crippen LogP contribution in [-0.4, -0.2) is 18.6 Å². The van der Waals surface area contributed by atoms with E-state index in [0.29, 0.717) is 12.1 Å². The van der Waals surface area contributed by atoms with Crippen LogP contribution in [0.1, 0.15) is 50.7 Å². The number of benzene rings is 1. The van der Waals surface area contributed by atoms with E-state index in [0.717, 1.165) is 23.9 Å². The standard InChI is InChI=1S/C17H27BrN2/c1-12-4-5-13(18)10-16(12)17(2,3)11-20-15-8-6-14(19)7-9-15/h4-5,10,14-15,20H,6-9,11,19H2,1-3H3. The molecule has 1 aliphatic carbocycles. The molecule has 0 bridgehead atoms. The second kappa shape index (κ2) is 6.59. The summed E-state index contributed by atoms with van der Waals surface area (Å²) < 4.78 is 1.16. The number of nitrogens with two attached hydrogens (primary N) is 1. The van der Waals surface area contributed by atoms with Gasteiger partial charge in [0.25, 0.3) is 0 Å². The fourth-order valence-electron chi connectivity index (χ4n) is 3.14. The van der Waals surface area contributed by atoms with Gasteiger partial charge < -0.3 is 11.1 Å². The zero-order valence-corrected chi connectivity index (χ0v) is 14.5. The SMILES string of the molecule is Cc1ccc(Br)cc1C(C)(C)CNC1CCC(N)CC1. The molecule has 0 atom stereocenters. The third-order valence-corrected chi connectivity index (χ3v) is 5.03. The summed E-state index contributed by atoms with van der Waals surface area (Å²) >= 11 is 3.59. The van der Waals surface area contributed by atoms with Crippen LogP contribution < -0.4 is 11.1 Å². The maximum absolute atomic E-state index is 5.97. The molecule has 2 rings (SSSR count). The van der Waals surface area contributed by atoms with Crippen molar-refractivity contribution in [3.63, 3.8) is 0 Å². The van der Waals surface area contributed by atoms with E-state index in [4.69, 9.17) is 5.73 Å². The van der Waals surface area contributed by atoms with E-state index in [9.17, 15) is 0 Å². The van der Waals surface area contributed by atoms with Crippen molar-refractivity contribution in [2.75, 3.05) is 6.54 Å². The van der Waals surface area contributed by atoms with Gasteiger partial charge in [-0.15, -0.1) is 0 Å². The van der Waals surface area contributed by atoms with E-state index in [1.54, 1.807) is 0 Å². The lowest BCUT2D eigenvalue weighted by atomic mass is 9.81. The quantitative estimate of drug-likeness (QED) is 0.873. The Bertz CT molecular complexity index is 448. The first-order chi connectivity index (χ1) is 9.38. The maximum atomic E-state index is 5.97. The molecule has 0 aliphatic heterocycles. The first-order valence-electron chi connectivity index (χ1n) is 7.64. The van der Waals surface area contributed by atoms with Crippen LogP contribution in [0.2, 0.25) is 0 Å². The Morgan fingerprint density at radius 1 is 1.25 bits per heavy atom. The minimum absolute atomic E-state index is 0.146. The van der Waals surface area contributed by atoms with Crippen LogP contribution in [0.15, 0.2) is 22.7 Å². The summed E-state index contributed by atoms with van der Waals surface area (Å²) in [5.41, 5.74) is 8.91. The highest BCUT2D eigenvalue weighted by Crippen LogP contribution is 2.29. The highest BCUT2D eigenvalue weighted by molar-refractivity contribution is 9.10. The zero-order chi connectivity index (χ0) is 14.8. The van der Waals surface area contributed by atoms with Crippen LogP contribution in [0.4, 0.5) is 0 Å². The molecule has 1 aliphatic rings. The number of rotatable bonds is 4. The second-order valence-electron chi connectivity index (χ2n) is 6.84. The molecule has 0 amide bonds. The summed E-state index contributed by atoms with van der Waals surface area (Å²) in [6.45, 7) is 7.86. The molecule has 0 aromatic heterocycles. The zero-order valence-electron chi connectivity index (χ0n) is 12.9. The van der Waals surface area contributed by atoms with E-state index in [-0.39, 0.29) is 5.41 Å². The molecule has 0 saturated heterocycles. The number of aryl methyl sites for hydroxylation is 1. The lowest BCUT2D eigenvalue weighted by Gasteiger charge is -2.33. The number of hydrogen-bond acceptors (Lipinski definition) is 2. The van der Waals surface area contributed by atoms with Crippen molar-refractivity contribution in [1.82, 2.24) is 5.32 Å². The third-order valence-electron chi connectivity index (χ3n) is 4.53. The van der Waals surface area contributed by atoms with Crippen LogP contribution in [0, 0.1) is 6.92 Å². The summed E-state index contributed by atoms with van der Waals surface area (Å²) in [6, 6.07) is 7.63. The van der Waals surface area contributed by atoms with Gasteiger partial charge in [0.2, 0.25) is 0 Å². The van der Waals surface area contributed by atoms with E-state index >= 15 is 0 Å². The number of nitrogens with one attached hydrogen (secondary N) is 1. The van der Waals surface area contributed by atoms with Crippen LogP contribution in [0.25, 0.3) is 0 Å². The molecule has 1 saturated carbocycles. The molecular formula is C17H27BrN2. The minimum Gasteiger partial charge on any atom is -0.328 e. The van der Waals surface area contributed by atoms with Crippen LogP contribution in [0.3, 0.4) is 0 Å². The van der Waals surface area contributed by atoms with Crippen LogP contribution in [-0.2, 0) is 5.41 Å². The van der Waals surface area contributed by atoms with Crippen molar-refractivity contribution in [1.29, 1.82) is 0 Å². The lowest BCUT2D eigenvalue weighted by Crippen LogP contribution is -2.43. The largest absolute Gasteiger partial charge is 0.328 e. The third kappa shape index (κ3) is 4.06. The Balaban J connectivity index is 1.98. The summed E-state index contributed by atoms with van der Waals surface area (Å²) in [7, 11) is 0. The van der Waals surface area contributed by atoms with Crippen molar-refractivity contribution >= 4 is 15.9 Å². The van der Waals surface area contributed by atoms with Gasteiger partial charge in [-0.2, -0.15) is 0 Å². The van der Waals surface area contributed by atoms with E-state index in [2.05, 4.69) is 60.2 Å². The molecule has 3 N–H and O–H groups in total. The predicted octanol–water partition coefficient (Wildman–Crippen LogP) is 3.89. The van der Waals surface area contributed by atoms with Crippen molar-refractivity contribution in [3.8, 4) is 0 Å². The van der Waals surface area contributed by atoms with Gasteiger partial charge >= 0.3 is 0 Å². The Labute approximate surface area is 131 Å². The van der Waals surface area contributed by atoms with Crippen LogP contribution in [0.5, 0.6) is 0 Å². The van der Waals surface area contributed by atoms with Gasteiger partial charge in [0.15, 0.2) is 0 Å². The van der Waals surface area contributed by atoms with E-state index in [1.807, 2.05) is 0 Å². The van der Waals surface area contributed by atoms with Gasteiger partial charge in [0, 0.05) is 28.5 Å². The monoisotopic (exact) mass is 338 g/mol.